The zero-order chi connectivity index (χ0) is 43.4. The lowest BCUT2D eigenvalue weighted by Gasteiger charge is -2.28. The van der Waals surface area contributed by atoms with Crippen LogP contribution < -0.4 is 9.80 Å². The molecular weight excluding hydrogens is 773 g/mol. The molecule has 8 aromatic carbocycles. The van der Waals surface area contributed by atoms with E-state index in [0.29, 0.717) is 5.92 Å². The highest BCUT2D eigenvalue weighted by molar-refractivity contribution is 5.99. The molecule has 64 heavy (non-hydrogen) atoms. The van der Waals surface area contributed by atoms with Gasteiger partial charge in [-0.05, 0) is 146 Å². The molecule has 0 spiro atoms. The summed E-state index contributed by atoms with van der Waals surface area (Å²) < 4.78 is 0. The van der Waals surface area contributed by atoms with Crippen LogP contribution in [0.5, 0.6) is 0 Å². The Morgan fingerprint density at radius 2 is 0.906 bits per heavy atom. The molecule has 2 aliphatic heterocycles. The predicted octanol–water partition coefficient (Wildman–Crippen LogP) is 17.6. The van der Waals surface area contributed by atoms with Gasteiger partial charge >= 0.3 is 0 Å². The van der Waals surface area contributed by atoms with Gasteiger partial charge in [-0.3, -0.25) is 0 Å². The van der Waals surface area contributed by atoms with E-state index >= 15 is 0 Å². The maximum absolute atomic E-state index is 2.43. The van der Waals surface area contributed by atoms with Crippen molar-refractivity contribution in [3.63, 3.8) is 0 Å². The summed E-state index contributed by atoms with van der Waals surface area (Å²) in [6, 6.07) is 68.3. The van der Waals surface area contributed by atoms with Crippen LogP contribution in [0.25, 0.3) is 41.0 Å². The Bertz CT molecular complexity index is 2860. The van der Waals surface area contributed by atoms with Crippen LogP contribution >= 0.6 is 0 Å². The standard InChI is InChI=1S/C41H28N2.C21H26/c1-3-13-34(14-4-1)42-38-17-9-7-11-28(38)19-21-30-24-36-32(26-40(30)42)23-33-27-41-31(25-37(33)36)22-20-29-12-8-10-18-39(29)43(41)35-15-5-2-6-16-35;1-4-5-7-12-21(19-10-8-6-9-11-19)20-15-13-18(14-16-20)17(2)3/h1-22,24-27H,23H2;6,8-17H,4-5,7H2,1-3H3/b;21-12+. The average Bonchev–Trinajstić information content (AvgIpc) is 3.48. The molecule has 0 fully saturated rings. The van der Waals surface area contributed by atoms with Crippen LogP contribution in [0, 0.1) is 0 Å². The molecular formula is C62H54N2. The summed E-state index contributed by atoms with van der Waals surface area (Å²) in [6.07, 6.45) is 16.0. The number of hydrogen-bond acceptors (Lipinski definition) is 2. The Balaban J connectivity index is 0.000000195. The van der Waals surface area contributed by atoms with Gasteiger partial charge in [0.05, 0.1) is 22.7 Å². The normalized spacial score (nSPS) is 13.1. The molecule has 0 radical (unpaired) electrons. The van der Waals surface area contributed by atoms with E-state index in [0.717, 1.165) is 12.8 Å². The number of allylic oxidation sites excluding steroid dienone is 1. The minimum Gasteiger partial charge on any atom is -0.309 e. The molecule has 0 saturated carbocycles. The first-order chi connectivity index (χ1) is 31.5. The van der Waals surface area contributed by atoms with E-state index in [-0.39, 0.29) is 0 Å². The first-order valence-corrected chi connectivity index (χ1v) is 23.0. The van der Waals surface area contributed by atoms with Crippen LogP contribution in [0.2, 0.25) is 0 Å². The van der Waals surface area contributed by atoms with Crippen molar-refractivity contribution in [1.29, 1.82) is 0 Å². The molecule has 2 heterocycles. The van der Waals surface area contributed by atoms with Crippen molar-refractivity contribution in [1.82, 2.24) is 0 Å². The lowest BCUT2D eigenvalue weighted by atomic mass is 9.94. The summed E-state index contributed by atoms with van der Waals surface area (Å²) in [5, 5.41) is 0. The first kappa shape index (κ1) is 40.6. The van der Waals surface area contributed by atoms with E-state index in [9.17, 15) is 0 Å². The Kier molecular flexibility index (Phi) is 11.5. The van der Waals surface area contributed by atoms with Gasteiger partial charge in [0.15, 0.2) is 0 Å². The fourth-order valence-corrected chi connectivity index (χ4v) is 9.46. The summed E-state index contributed by atoms with van der Waals surface area (Å²) in [6.45, 7) is 6.72. The van der Waals surface area contributed by atoms with Gasteiger partial charge in [-0.25, -0.2) is 0 Å². The fraction of sp³-hybridized carbons (Fsp3) is 0.129. The van der Waals surface area contributed by atoms with Crippen LogP contribution in [0.1, 0.15) is 96.0 Å². The minimum atomic E-state index is 0.586. The van der Waals surface area contributed by atoms with Crippen molar-refractivity contribution >= 4 is 64.0 Å². The second-order valence-corrected chi connectivity index (χ2v) is 17.3. The zero-order valence-corrected chi connectivity index (χ0v) is 37.1. The number of benzene rings is 8. The topological polar surface area (TPSA) is 6.48 Å². The summed E-state index contributed by atoms with van der Waals surface area (Å²) in [4.78, 5) is 4.83. The molecule has 0 saturated heterocycles. The van der Waals surface area contributed by atoms with Gasteiger partial charge in [-0.1, -0.05) is 191 Å². The Morgan fingerprint density at radius 1 is 0.469 bits per heavy atom. The molecule has 312 valence electrons. The lowest BCUT2D eigenvalue weighted by molar-refractivity contribution is 0.815. The molecule has 0 amide bonds. The maximum atomic E-state index is 2.43. The van der Waals surface area contributed by atoms with Crippen LogP contribution in [0.15, 0.2) is 194 Å². The number of para-hydroxylation sites is 4. The van der Waals surface area contributed by atoms with Crippen molar-refractivity contribution in [3.8, 4) is 11.1 Å². The second kappa shape index (κ2) is 18.1. The van der Waals surface area contributed by atoms with Crippen LogP contribution in [-0.2, 0) is 6.42 Å². The van der Waals surface area contributed by atoms with E-state index in [4.69, 9.17) is 0 Å². The number of hydrogen-bond donors (Lipinski definition) is 0. The molecule has 11 rings (SSSR count). The SMILES string of the molecule is C1=Cc2cc3c(cc2N(c2ccccc2)c2ccccc21)Cc1cc2c(cc1-3)C=Cc1ccccc1N2c1ccccc1.CCCC/C=C(\c1ccccc1)c1ccc(C(C)C)cc1. The third kappa shape index (κ3) is 8.04. The van der Waals surface area contributed by atoms with Crippen molar-refractivity contribution in [2.45, 2.75) is 52.4 Å². The van der Waals surface area contributed by atoms with E-state index in [1.807, 2.05) is 0 Å². The fourth-order valence-electron chi connectivity index (χ4n) is 9.46. The first-order valence-electron chi connectivity index (χ1n) is 23.0. The monoisotopic (exact) mass is 826 g/mol. The van der Waals surface area contributed by atoms with Crippen molar-refractivity contribution in [3.05, 3.63) is 244 Å². The second-order valence-electron chi connectivity index (χ2n) is 17.3. The molecule has 0 bridgehead atoms. The number of anilines is 6. The van der Waals surface area contributed by atoms with Crippen LogP contribution in [0.4, 0.5) is 34.1 Å². The van der Waals surface area contributed by atoms with E-state index in [1.165, 1.54) is 114 Å². The highest BCUT2D eigenvalue weighted by Crippen LogP contribution is 2.50. The highest BCUT2D eigenvalue weighted by atomic mass is 15.2. The molecule has 8 aromatic rings. The molecule has 2 heteroatoms. The Hall–Kier alpha value is -7.42. The molecule has 0 aromatic heterocycles. The van der Waals surface area contributed by atoms with Crippen molar-refractivity contribution < 1.29 is 0 Å². The third-order valence-electron chi connectivity index (χ3n) is 12.8. The molecule has 1 aliphatic carbocycles. The quantitative estimate of drug-likeness (QED) is 0.141. The largest absolute Gasteiger partial charge is 0.309 e. The summed E-state index contributed by atoms with van der Waals surface area (Å²) >= 11 is 0. The van der Waals surface area contributed by atoms with E-state index in [1.54, 1.807) is 0 Å². The van der Waals surface area contributed by atoms with Gasteiger partial charge in [0.1, 0.15) is 0 Å². The van der Waals surface area contributed by atoms with E-state index in [2.05, 4.69) is 249 Å². The average molecular weight is 827 g/mol. The van der Waals surface area contributed by atoms with E-state index < -0.39 is 0 Å². The Labute approximate surface area is 379 Å². The number of rotatable bonds is 8. The van der Waals surface area contributed by atoms with Gasteiger partial charge in [-0.15, -0.1) is 0 Å². The van der Waals surface area contributed by atoms with Crippen molar-refractivity contribution in [2.24, 2.45) is 0 Å². The highest BCUT2D eigenvalue weighted by Gasteiger charge is 2.28. The minimum absolute atomic E-state index is 0.586. The van der Waals surface area contributed by atoms with Gasteiger partial charge in [0, 0.05) is 11.4 Å². The van der Waals surface area contributed by atoms with Crippen LogP contribution in [-0.4, -0.2) is 0 Å². The Morgan fingerprint density at radius 3 is 1.39 bits per heavy atom. The molecule has 3 aliphatic rings. The lowest BCUT2D eigenvalue weighted by Crippen LogP contribution is -2.12. The predicted molar refractivity (Wildman–Crippen MR) is 275 cm³/mol. The van der Waals surface area contributed by atoms with Gasteiger partial charge in [-0.2, -0.15) is 0 Å². The van der Waals surface area contributed by atoms with Gasteiger partial charge in [0.2, 0.25) is 0 Å². The number of fused-ring (bicyclic) bond motifs is 7. The smallest absolute Gasteiger partial charge is 0.0537 e. The molecule has 0 unspecified atom stereocenters. The summed E-state index contributed by atoms with van der Waals surface area (Å²) in [7, 11) is 0. The van der Waals surface area contributed by atoms with Gasteiger partial charge < -0.3 is 9.80 Å². The number of unbranched alkanes of at least 4 members (excludes halogenated alkanes) is 2. The molecule has 0 atom stereocenters. The third-order valence-corrected chi connectivity index (χ3v) is 12.8. The van der Waals surface area contributed by atoms with Gasteiger partial charge in [0.25, 0.3) is 0 Å². The zero-order valence-electron chi connectivity index (χ0n) is 37.1. The molecule has 2 nitrogen and oxygen atoms in total. The van der Waals surface area contributed by atoms with Crippen LogP contribution in [0.3, 0.4) is 0 Å². The summed E-state index contributed by atoms with van der Waals surface area (Å²) in [5.74, 6) is 0.586. The summed E-state index contributed by atoms with van der Waals surface area (Å²) in [5.41, 5.74) is 22.9. The number of nitrogens with zero attached hydrogens (tertiary/aromatic N) is 2. The van der Waals surface area contributed by atoms with Crippen molar-refractivity contribution in [2.75, 3.05) is 9.80 Å². The molecule has 0 N–H and O–H groups in total. The maximum Gasteiger partial charge on any atom is 0.0537 e.